The summed E-state index contributed by atoms with van der Waals surface area (Å²) in [5, 5.41) is 0. The van der Waals surface area contributed by atoms with Crippen LogP contribution >= 0.6 is 0 Å². The molecule has 1 aliphatic carbocycles. The highest BCUT2D eigenvalue weighted by atomic mass is 16.5. The first-order chi connectivity index (χ1) is 9.13. The molecule has 0 saturated heterocycles. The lowest BCUT2D eigenvalue weighted by Crippen LogP contribution is -2.21. The van der Waals surface area contributed by atoms with Gasteiger partial charge >= 0.3 is 5.97 Å². The number of nitrogens with one attached hydrogen (secondary N) is 1. The largest absolute Gasteiger partial charge is 0.468 e. The highest BCUT2D eigenvalue weighted by Crippen LogP contribution is 2.33. The molecule has 2 rings (SSSR count). The van der Waals surface area contributed by atoms with E-state index < -0.39 is 0 Å². The molecule has 1 unspecified atom stereocenters. The van der Waals surface area contributed by atoms with Gasteiger partial charge in [0.05, 0.1) is 7.11 Å². The number of hydrogen-bond donors (Lipinski definition) is 1. The topological polar surface area (TPSA) is 55.0 Å². The zero-order chi connectivity index (χ0) is 13.8. The van der Waals surface area contributed by atoms with Gasteiger partial charge in [-0.2, -0.15) is 0 Å². The van der Waals surface area contributed by atoms with Gasteiger partial charge in [0.1, 0.15) is 11.7 Å². The average molecular weight is 264 g/mol. The number of aromatic amines is 1. The molecule has 0 bridgehead atoms. The summed E-state index contributed by atoms with van der Waals surface area (Å²) >= 11 is 0. The van der Waals surface area contributed by atoms with Crippen LogP contribution in [0.4, 0.5) is 0 Å². The Morgan fingerprint density at radius 1 is 1.37 bits per heavy atom. The Labute approximate surface area is 115 Å². The van der Waals surface area contributed by atoms with Crippen LogP contribution in [0.3, 0.4) is 0 Å². The monoisotopic (exact) mass is 264 g/mol. The summed E-state index contributed by atoms with van der Waals surface area (Å²) < 4.78 is 4.88. The smallest absolute Gasteiger partial charge is 0.316 e. The quantitative estimate of drug-likeness (QED) is 0.848. The van der Waals surface area contributed by atoms with Crippen LogP contribution in [0.5, 0.6) is 0 Å². The van der Waals surface area contributed by atoms with Crippen LogP contribution < -0.4 is 0 Å². The number of hydrogen-bond acceptors (Lipinski definition) is 3. The molecule has 1 aliphatic rings. The highest BCUT2D eigenvalue weighted by molar-refractivity contribution is 5.77. The van der Waals surface area contributed by atoms with Crippen molar-refractivity contribution in [2.24, 2.45) is 5.92 Å². The number of aromatic nitrogens is 2. The van der Waals surface area contributed by atoms with E-state index in [1.165, 1.54) is 44.9 Å². The summed E-state index contributed by atoms with van der Waals surface area (Å²) in [6.45, 7) is 4.04. The molecule has 1 fully saturated rings. The van der Waals surface area contributed by atoms with Crippen LogP contribution in [0.2, 0.25) is 0 Å². The van der Waals surface area contributed by atoms with Crippen molar-refractivity contribution in [1.29, 1.82) is 0 Å². The molecule has 4 nitrogen and oxygen atoms in total. The molecule has 0 aromatic carbocycles. The molecule has 0 aliphatic heterocycles. The van der Waals surface area contributed by atoms with Crippen molar-refractivity contribution in [2.45, 2.75) is 57.8 Å². The summed E-state index contributed by atoms with van der Waals surface area (Å²) in [6, 6.07) is 0. The first-order valence-corrected chi connectivity index (χ1v) is 7.26. The number of esters is 1. The first kappa shape index (κ1) is 14.1. The maximum atomic E-state index is 11.9. The third kappa shape index (κ3) is 3.17. The lowest BCUT2D eigenvalue weighted by molar-refractivity contribution is -0.143. The Balaban J connectivity index is 2.15. The van der Waals surface area contributed by atoms with E-state index in [4.69, 9.17) is 4.74 Å². The molecule has 1 aromatic rings. The van der Waals surface area contributed by atoms with Gasteiger partial charge in [0.2, 0.25) is 0 Å². The second-order valence-electron chi connectivity index (χ2n) is 5.80. The Morgan fingerprint density at radius 2 is 2.05 bits per heavy atom. The summed E-state index contributed by atoms with van der Waals surface area (Å²) in [5.41, 5.74) is 1.18. The van der Waals surface area contributed by atoms with Gasteiger partial charge < -0.3 is 9.72 Å². The minimum absolute atomic E-state index is 0.179. The van der Waals surface area contributed by atoms with Gasteiger partial charge in [-0.25, -0.2) is 4.98 Å². The molecule has 0 spiro atoms. The van der Waals surface area contributed by atoms with E-state index in [1.54, 1.807) is 0 Å². The fourth-order valence-electron chi connectivity index (χ4n) is 2.96. The maximum Gasteiger partial charge on any atom is 0.316 e. The zero-order valence-corrected chi connectivity index (χ0v) is 12.1. The first-order valence-electron chi connectivity index (χ1n) is 7.26. The van der Waals surface area contributed by atoms with E-state index >= 15 is 0 Å². The van der Waals surface area contributed by atoms with Gasteiger partial charge in [-0.3, -0.25) is 4.79 Å². The second kappa shape index (κ2) is 6.22. The van der Waals surface area contributed by atoms with E-state index in [1.807, 2.05) is 20.0 Å². The molecule has 1 aromatic heterocycles. The number of H-pyrrole nitrogens is 1. The summed E-state index contributed by atoms with van der Waals surface area (Å²) in [7, 11) is 1.43. The molecule has 19 heavy (non-hydrogen) atoms. The second-order valence-corrected chi connectivity index (χ2v) is 5.80. The standard InChI is InChI=1S/C15H24N2O2/c1-10(2)13(15(18)19-3)14-16-9-12(17-14)11-7-5-4-6-8-11/h9-11,13H,4-8H2,1-3H3,(H,16,17). The van der Waals surface area contributed by atoms with Crippen LogP contribution in [0.1, 0.15) is 69.3 Å². The Bertz CT molecular complexity index is 420. The number of carbonyl (C=O) groups is 1. The van der Waals surface area contributed by atoms with Gasteiger partial charge in [0.25, 0.3) is 0 Å². The average Bonchev–Trinajstić information content (AvgIpc) is 2.88. The van der Waals surface area contributed by atoms with Crippen molar-refractivity contribution in [3.63, 3.8) is 0 Å². The number of imidazole rings is 1. The molecule has 0 radical (unpaired) electrons. The number of carbonyl (C=O) groups excluding carboxylic acids is 1. The Hall–Kier alpha value is -1.32. The Morgan fingerprint density at radius 3 is 2.63 bits per heavy atom. The fourth-order valence-corrected chi connectivity index (χ4v) is 2.96. The molecule has 1 atom stereocenters. The highest BCUT2D eigenvalue weighted by Gasteiger charge is 2.29. The van der Waals surface area contributed by atoms with Crippen molar-refractivity contribution in [3.8, 4) is 0 Å². The summed E-state index contributed by atoms with van der Waals surface area (Å²) in [6.07, 6.45) is 8.30. The predicted molar refractivity (Wildman–Crippen MR) is 74.0 cm³/mol. The van der Waals surface area contributed by atoms with Crippen molar-refractivity contribution < 1.29 is 9.53 Å². The van der Waals surface area contributed by atoms with Crippen LogP contribution in [0.25, 0.3) is 0 Å². The zero-order valence-electron chi connectivity index (χ0n) is 12.1. The number of ether oxygens (including phenoxy) is 1. The van der Waals surface area contributed by atoms with Gasteiger partial charge in [-0.05, 0) is 18.8 Å². The third-order valence-corrected chi connectivity index (χ3v) is 4.08. The van der Waals surface area contributed by atoms with Crippen molar-refractivity contribution >= 4 is 5.97 Å². The molecule has 1 N–H and O–H groups in total. The third-order valence-electron chi connectivity index (χ3n) is 4.08. The molecule has 106 valence electrons. The minimum Gasteiger partial charge on any atom is -0.468 e. The molecule has 1 heterocycles. The Kier molecular flexibility index (Phi) is 4.61. The number of methoxy groups -OCH3 is 1. The number of nitrogens with zero attached hydrogens (tertiary/aromatic N) is 1. The van der Waals surface area contributed by atoms with Crippen molar-refractivity contribution in [3.05, 3.63) is 17.7 Å². The van der Waals surface area contributed by atoms with E-state index in [-0.39, 0.29) is 17.8 Å². The SMILES string of the molecule is COC(=O)C(c1ncc(C2CCCCC2)[nH]1)C(C)C. The van der Waals surface area contributed by atoms with E-state index in [0.717, 1.165) is 5.82 Å². The molecular weight excluding hydrogens is 240 g/mol. The van der Waals surface area contributed by atoms with Crippen LogP contribution in [-0.2, 0) is 9.53 Å². The van der Waals surface area contributed by atoms with Gasteiger partial charge in [0, 0.05) is 17.8 Å². The van der Waals surface area contributed by atoms with E-state index in [2.05, 4.69) is 9.97 Å². The van der Waals surface area contributed by atoms with Gasteiger partial charge in [-0.15, -0.1) is 0 Å². The number of rotatable bonds is 4. The molecule has 1 saturated carbocycles. The maximum absolute atomic E-state index is 11.9. The molecule has 0 amide bonds. The van der Waals surface area contributed by atoms with E-state index in [0.29, 0.717) is 5.92 Å². The summed E-state index contributed by atoms with van der Waals surface area (Å²) in [5.74, 6) is 1.02. The van der Waals surface area contributed by atoms with E-state index in [9.17, 15) is 4.79 Å². The summed E-state index contributed by atoms with van der Waals surface area (Å²) in [4.78, 5) is 19.7. The molecular formula is C15H24N2O2. The lowest BCUT2D eigenvalue weighted by atomic mass is 9.87. The van der Waals surface area contributed by atoms with Gasteiger partial charge in [-0.1, -0.05) is 33.1 Å². The molecule has 4 heteroatoms. The van der Waals surface area contributed by atoms with Crippen LogP contribution in [-0.4, -0.2) is 23.0 Å². The van der Waals surface area contributed by atoms with Crippen molar-refractivity contribution in [1.82, 2.24) is 9.97 Å². The normalized spacial score (nSPS) is 18.5. The predicted octanol–water partition coefficient (Wildman–Crippen LogP) is 3.37. The van der Waals surface area contributed by atoms with Crippen LogP contribution in [0.15, 0.2) is 6.20 Å². The lowest BCUT2D eigenvalue weighted by Gasteiger charge is -2.20. The fraction of sp³-hybridized carbons (Fsp3) is 0.733. The minimum atomic E-state index is -0.289. The van der Waals surface area contributed by atoms with Crippen molar-refractivity contribution in [2.75, 3.05) is 7.11 Å². The van der Waals surface area contributed by atoms with Crippen LogP contribution in [0, 0.1) is 5.92 Å². The van der Waals surface area contributed by atoms with Gasteiger partial charge in [0.15, 0.2) is 0 Å².